The number of rotatable bonds is 3. The van der Waals surface area contributed by atoms with Crippen LogP contribution in [0, 0.1) is 0 Å². The van der Waals surface area contributed by atoms with Crippen LogP contribution in [0.4, 0.5) is 0 Å². The van der Waals surface area contributed by atoms with Gasteiger partial charge in [-0.2, -0.15) is 0 Å². The Kier molecular flexibility index (Phi) is 4.15. The van der Waals surface area contributed by atoms with Gasteiger partial charge in [0.2, 0.25) is 0 Å². The SMILES string of the molecule is CC1CN2CCCC2CN1C(CN)c1cc(Cl)cs1. The van der Waals surface area contributed by atoms with E-state index in [1.54, 1.807) is 11.3 Å². The van der Waals surface area contributed by atoms with E-state index in [-0.39, 0.29) is 0 Å². The number of nitrogens with two attached hydrogens (primary N) is 1. The first-order valence-corrected chi connectivity index (χ1v) is 8.38. The van der Waals surface area contributed by atoms with Crippen molar-refractivity contribution in [1.29, 1.82) is 0 Å². The molecule has 3 unspecified atom stereocenters. The largest absolute Gasteiger partial charge is 0.329 e. The Labute approximate surface area is 124 Å². The lowest BCUT2D eigenvalue weighted by atomic mass is 10.0. The summed E-state index contributed by atoms with van der Waals surface area (Å²) in [5, 5.41) is 2.85. The van der Waals surface area contributed by atoms with Crippen molar-refractivity contribution in [3.8, 4) is 0 Å². The minimum Gasteiger partial charge on any atom is -0.329 e. The Bertz CT molecular complexity index is 436. The molecule has 0 saturated carbocycles. The first-order chi connectivity index (χ1) is 9.19. The molecular weight excluding hydrogens is 278 g/mol. The van der Waals surface area contributed by atoms with Gasteiger partial charge in [0.25, 0.3) is 0 Å². The van der Waals surface area contributed by atoms with E-state index in [1.807, 2.05) is 5.38 Å². The number of fused-ring (bicyclic) bond motifs is 1. The summed E-state index contributed by atoms with van der Waals surface area (Å²) in [5.41, 5.74) is 6.05. The van der Waals surface area contributed by atoms with Gasteiger partial charge in [-0.25, -0.2) is 0 Å². The molecule has 0 aliphatic carbocycles. The topological polar surface area (TPSA) is 32.5 Å². The van der Waals surface area contributed by atoms with E-state index in [1.165, 1.54) is 30.8 Å². The smallest absolute Gasteiger partial charge is 0.0568 e. The maximum Gasteiger partial charge on any atom is 0.0568 e. The van der Waals surface area contributed by atoms with Crippen molar-refractivity contribution < 1.29 is 0 Å². The summed E-state index contributed by atoms with van der Waals surface area (Å²) in [5.74, 6) is 0. The first kappa shape index (κ1) is 13.8. The summed E-state index contributed by atoms with van der Waals surface area (Å²) in [7, 11) is 0. The molecule has 0 spiro atoms. The van der Waals surface area contributed by atoms with Gasteiger partial charge in [-0.15, -0.1) is 11.3 Å². The lowest BCUT2D eigenvalue weighted by Crippen LogP contribution is -2.56. The van der Waals surface area contributed by atoms with Crippen molar-refractivity contribution in [1.82, 2.24) is 9.80 Å². The van der Waals surface area contributed by atoms with Gasteiger partial charge >= 0.3 is 0 Å². The van der Waals surface area contributed by atoms with Gasteiger partial charge in [-0.05, 0) is 32.4 Å². The van der Waals surface area contributed by atoms with Crippen molar-refractivity contribution in [2.75, 3.05) is 26.2 Å². The van der Waals surface area contributed by atoms with Crippen molar-refractivity contribution >= 4 is 22.9 Å². The Hall–Kier alpha value is -0.130. The first-order valence-electron chi connectivity index (χ1n) is 7.13. The number of thiophene rings is 1. The highest BCUT2D eigenvalue weighted by Gasteiger charge is 2.37. The fourth-order valence-corrected chi connectivity index (χ4v) is 4.78. The molecule has 1 aromatic heterocycles. The highest BCUT2D eigenvalue weighted by Crippen LogP contribution is 2.34. The van der Waals surface area contributed by atoms with Crippen LogP contribution in [0.3, 0.4) is 0 Å². The minimum atomic E-state index is 0.329. The lowest BCUT2D eigenvalue weighted by Gasteiger charge is -2.45. The molecule has 3 rings (SSSR count). The summed E-state index contributed by atoms with van der Waals surface area (Å²) in [6, 6.07) is 3.72. The molecule has 0 amide bonds. The molecule has 3 nitrogen and oxygen atoms in total. The number of nitrogens with zero attached hydrogens (tertiary/aromatic N) is 2. The Morgan fingerprint density at radius 2 is 2.37 bits per heavy atom. The van der Waals surface area contributed by atoms with E-state index in [0.717, 1.165) is 17.6 Å². The van der Waals surface area contributed by atoms with Crippen LogP contribution in [0.2, 0.25) is 5.02 Å². The summed E-state index contributed by atoms with van der Waals surface area (Å²) in [6.07, 6.45) is 2.69. The van der Waals surface area contributed by atoms with Gasteiger partial charge in [0.05, 0.1) is 11.1 Å². The molecule has 0 radical (unpaired) electrons. The molecule has 5 heteroatoms. The molecular formula is C14H22ClN3S. The Balaban J connectivity index is 1.78. The standard InChI is InChI=1S/C14H22ClN3S/c1-10-7-17-4-2-3-12(17)8-18(10)13(6-16)14-5-11(15)9-19-14/h5,9-10,12-13H,2-4,6-8,16H2,1H3. The zero-order chi connectivity index (χ0) is 13.4. The third-order valence-corrected chi connectivity index (χ3v) is 5.91. The van der Waals surface area contributed by atoms with Crippen molar-refractivity contribution in [3.05, 3.63) is 21.3 Å². The highest BCUT2D eigenvalue weighted by molar-refractivity contribution is 7.10. The average Bonchev–Trinajstić information content (AvgIpc) is 2.99. The van der Waals surface area contributed by atoms with Crippen LogP contribution in [0.1, 0.15) is 30.7 Å². The zero-order valence-corrected chi connectivity index (χ0v) is 13.0. The van der Waals surface area contributed by atoms with Crippen LogP contribution >= 0.6 is 22.9 Å². The molecule has 1 aromatic rings. The number of halogens is 1. The van der Waals surface area contributed by atoms with Crippen LogP contribution in [0.5, 0.6) is 0 Å². The molecule has 3 heterocycles. The summed E-state index contributed by atoms with van der Waals surface area (Å²) in [6.45, 7) is 6.61. The Morgan fingerprint density at radius 3 is 3.05 bits per heavy atom. The molecule has 2 aliphatic rings. The predicted molar refractivity (Wildman–Crippen MR) is 81.9 cm³/mol. The predicted octanol–water partition coefficient (Wildman–Crippen LogP) is 2.57. The van der Waals surface area contributed by atoms with Crippen molar-refractivity contribution in [3.63, 3.8) is 0 Å². The zero-order valence-electron chi connectivity index (χ0n) is 11.4. The number of hydrogen-bond donors (Lipinski definition) is 1. The van der Waals surface area contributed by atoms with E-state index in [9.17, 15) is 0 Å². The van der Waals surface area contributed by atoms with Gasteiger partial charge in [0, 0.05) is 42.0 Å². The molecule has 106 valence electrons. The fraction of sp³-hybridized carbons (Fsp3) is 0.714. The van der Waals surface area contributed by atoms with Crippen molar-refractivity contribution in [2.45, 2.75) is 37.9 Å². The van der Waals surface area contributed by atoms with Crippen LogP contribution in [0.15, 0.2) is 11.4 Å². The quantitative estimate of drug-likeness (QED) is 0.931. The lowest BCUT2D eigenvalue weighted by molar-refractivity contribution is 0.0306. The second-order valence-electron chi connectivity index (χ2n) is 5.76. The maximum absolute atomic E-state index is 6.07. The number of hydrogen-bond acceptors (Lipinski definition) is 4. The molecule has 2 aliphatic heterocycles. The maximum atomic E-state index is 6.07. The third-order valence-electron chi connectivity index (χ3n) is 4.53. The normalized spacial score (nSPS) is 30.5. The summed E-state index contributed by atoms with van der Waals surface area (Å²) in [4.78, 5) is 6.55. The van der Waals surface area contributed by atoms with Crippen LogP contribution < -0.4 is 5.73 Å². The van der Waals surface area contributed by atoms with Gasteiger partial charge in [0.1, 0.15) is 0 Å². The van der Waals surface area contributed by atoms with Gasteiger partial charge < -0.3 is 5.73 Å². The van der Waals surface area contributed by atoms with E-state index < -0.39 is 0 Å². The molecule has 3 atom stereocenters. The fourth-order valence-electron chi connectivity index (χ4n) is 3.56. The van der Waals surface area contributed by atoms with Gasteiger partial charge in [0.15, 0.2) is 0 Å². The summed E-state index contributed by atoms with van der Waals surface area (Å²) < 4.78 is 0. The molecule has 0 aromatic carbocycles. The monoisotopic (exact) mass is 299 g/mol. The van der Waals surface area contributed by atoms with E-state index in [0.29, 0.717) is 18.6 Å². The highest BCUT2D eigenvalue weighted by atomic mass is 35.5. The molecule has 2 saturated heterocycles. The molecule has 0 bridgehead atoms. The van der Waals surface area contributed by atoms with E-state index in [4.69, 9.17) is 17.3 Å². The van der Waals surface area contributed by atoms with E-state index >= 15 is 0 Å². The van der Waals surface area contributed by atoms with Crippen LogP contribution in [0.25, 0.3) is 0 Å². The summed E-state index contributed by atoms with van der Waals surface area (Å²) >= 11 is 7.80. The molecule has 2 N–H and O–H groups in total. The third kappa shape index (κ3) is 2.69. The second kappa shape index (κ2) is 5.70. The van der Waals surface area contributed by atoms with Gasteiger partial charge in [-0.1, -0.05) is 11.6 Å². The van der Waals surface area contributed by atoms with Crippen LogP contribution in [-0.2, 0) is 0 Å². The van der Waals surface area contributed by atoms with Crippen molar-refractivity contribution in [2.24, 2.45) is 5.73 Å². The number of piperazine rings is 1. The average molecular weight is 300 g/mol. The second-order valence-corrected chi connectivity index (χ2v) is 7.13. The Morgan fingerprint density at radius 1 is 1.53 bits per heavy atom. The van der Waals surface area contributed by atoms with Gasteiger partial charge in [-0.3, -0.25) is 9.80 Å². The molecule has 19 heavy (non-hydrogen) atoms. The van der Waals surface area contributed by atoms with Crippen LogP contribution in [-0.4, -0.2) is 48.1 Å². The van der Waals surface area contributed by atoms with E-state index in [2.05, 4.69) is 22.8 Å². The molecule has 2 fully saturated rings. The minimum absolute atomic E-state index is 0.329.